The summed E-state index contributed by atoms with van der Waals surface area (Å²) in [6.45, 7) is 0.630. The summed E-state index contributed by atoms with van der Waals surface area (Å²) in [5.41, 5.74) is 2.83. The van der Waals surface area contributed by atoms with Gasteiger partial charge in [0.1, 0.15) is 17.3 Å². The highest BCUT2D eigenvalue weighted by Crippen LogP contribution is 2.32. The molecule has 1 aromatic heterocycles. The largest absolute Gasteiger partial charge is 0.497 e. The Bertz CT molecular complexity index is 818. The summed E-state index contributed by atoms with van der Waals surface area (Å²) in [5, 5.41) is 3.49. The second-order valence-electron chi connectivity index (χ2n) is 5.70. The zero-order valence-electron chi connectivity index (χ0n) is 14.3. The van der Waals surface area contributed by atoms with Crippen LogP contribution in [-0.4, -0.2) is 19.2 Å². The summed E-state index contributed by atoms with van der Waals surface area (Å²) in [7, 11) is 3.22. The highest BCUT2D eigenvalue weighted by Gasteiger charge is 2.19. The molecule has 130 valence electrons. The molecule has 4 nitrogen and oxygen atoms in total. The van der Waals surface area contributed by atoms with Crippen LogP contribution in [0.1, 0.15) is 22.7 Å². The molecular weight excluding hydrogens is 319 g/mol. The first kappa shape index (κ1) is 17.0. The minimum atomic E-state index is -0.299. The number of hydrogen-bond donors (Lipinski definition) is 2. The number of ether oxygens (including phenoxy) is 2. The molecule has 0 bridgehead atoms. The van der Waals surface area contributed by atoms with E-state index in [1.54, 1.807) is 20.3 Å². The number of halogens is 1. The van der Waals surface area contributed by atoms with Crippen molar-refractivity contribution in [1.82, 2.24) is 10.3 Å². The van der Waals surface area contributed by atoms with E-state index in [1.807, 2.05) is 42.7 Å². The molecule has 2 N–H and O–H groups in total. The number of methoxy groups -OCH3 is 2. The molecule has 0 aliphatic rings. The number of benzene rings is 2. The van der Waals surface area contributed by atoms with Crippen LogP contribution in [0, 0.1) is 5.82 Å². The van der Waals surface area contributed by atoms with Gasteiger partial charge in [0, 0.05) is 24.5 Å². The van der Waals surface area contributed by atoms with Crippen LogP contribution in [0.25, 0.3) is 0 Å². The second kappa shape index (κ2) is 7.85. The minimum Gasteiger partial charge on any atom is -0.497 e. The van der Waals surface area contributed by atoms with Crippen LogP contribution < -0.4 is 14.8 Å². The van der Waals surface area contributed by atoms with Gasteiger partial charge in [-0.15, -0.1) is 0 Å². The van der Waals surface area contributed by atoms with Gasteiger partial charge in [-0.3, -0.25) is 0 Å². The first-order valence-corrected chi connectivity index (χ1v) is 8.03. The Morgan fingerprint density at radius 1 is 1.08 bits per heavy atom. The fraction of sp³-hybridized carbons (Fsp3) is 0.200. The average Bonchev–Trinajstić information content (AvgIpc) is 3.16. The Hall–Kier alpha value is -2.79. The van der Waals surface area contributed by atoms with Crippen molar-refractivity contribution in [3.05, 3.63) is 83.4 Å². The third-order valence-corrected chi connectivity index (χ3v) is 4.10. The highest BCUT2D eigenvalue weighted by atomic mass is 19.1. The van der Waals surface area contributed by atoms with Gasteiger partial charge < -0.3 is 19.8 Å². The van der Waals surface area contributed by atoms with Gasteiger partial charge in [-0.25, -0.2) is 4.39 Å². The molecule has 0 saturated carbocycles. The van der Waals surface area contributed by atoms with Gasteiger partial charge in [0.2, 0.25) is 0 Å². The summed E-state index contributed by atoms with van der Waals surface area (Å²) >= 11 is 0. The van der Waals surface area contributed by atoms with E-state index in [2.05, 4.69) is 10.3 Å². The number of H-pyrrole nitrogens is 1. The first-order chi connectivity index (χ1) is 12.2. The molecule has 0 saturated heterocycles. The zero-order chi connectivity index (χ0) is 17.6. The lowest BCUT2D eigenvalue weighted by Gasteiger charge is -2.22. The number of hydrogen-bond acceptors (Lipinski definition) is 3. The number of aromatic nitrogens is 1. The quantitative estimate of drug-likeness (QED) is 0.682. The maximum absolute atomic E-state index is 13.9. The lowest BCUT2D eigenvalue weighted by atomic mass is 9.97. The van der Waals surface area contributed by atoms with Crippen molar-refractivity contribution in [3.8, 4) is 11.5 Å². The van der Waals surface area contributed by atoms with Crippen molar-refractivity contribution in [2.24, 2.45) is 0 Å². The predicted molar refractivity (Wildman–Crippen MR) is 95.4 cm³/mol. The minimum absolute atomic E-state index is 0.240. The van der Waals surface area contributed by atoms with E-state index < -0.39 is 0 Å². The van der Waals surface area contributed by atoms with Crippen LogP contribution in [0.3, 0.4) is 0 Å². The van der Waals surface area contributed by atoms with E-state index in [0.717, 1.165) is 22.4 Å². The monoisotopic (exact) mass is 340 g/mol. The molecule has 25 heavy (non-hydrogen) atoms. The standard InChI is InChI=1S/C20H21FN2O2/c1-24-17-5-3-4-15(10-17)20(23-13-14-8-9-22-12-14)18-11-16(21)6-7-19(18)25-2/h3-12,20,22-23H,13H2,1-2H3/t20-/m0/s1. The third-order valence-electron chi connectivity index (χ3n) is 4.10. The van der Waals surface area contributed by atoms with Crippen LogP contribution in [0.15, 0.2) is 60.9 Å². The normalized spacial score (nSPS) is 12.0. The van der Waals surface area contributed by atoms with E-state index in [9.17, 15) is 4.39 Å². The van der Waals surface area contributed by atoms with E-state index in [4.69, 9.17) is 9.47 Å². The van der Waals surface area contributed by atoms with Crippen molar-refractivity contribution < 1.29 is 13.9 Å². The lowest BCUT2D eigenvalue weighted by Crippen LogP contribution is -2.22. The summed E-state index contributed by atoms with van der Waals surface area (Å²) in [4.78, 5) is 3.04. The van der Waals surface area contributed by atoms with Gasteiger partial charge in [-0.05, 0) is 47.5 Å². The maximum Gasteiger partial charge on any atom is 0.124 e. The Labute approximate surface area is 146 Å². The summed E-state index contributed by atoms with van der Waals surface area (Å²) in [6.07, 6.45) is 3.80. The van der Waals surface area contributed by atoms with Crippen molar-refractivity contribution >= 4 is 0 Å². The van der Waals surface area contributed by atoms with Gasteiger partial charge in [0.05, 0.1) is 20.3 Å². The van der Waals surface area contributed by atoms with Crippen LogP contribution in [-0.2, 0) is 6.54 Å². The SMILES string of the molecule is COc1cccc([C@H](NCc2cc[nH]c2)c2cc(F)ccc2OC)c1. The molecule has 1 heterocycles. The van der Waals surface area contributed by atoms with E-state index in [0.29, 0.717) is 12.3 Å². The molecule has 5 heteroatoms. The van der Waals surface area contributed by atoms with Crippen LogP contribution >= 0.6 is 0 Å². The number of aromatic amines is 1. The van der Waals surface area contributed by atoms with Crippen molar-refractivity contribution in [2.75, 3.05) is 14.2 Å². The second-order valence-corrected chi connectivity index (χ2v) is 5.70. The van der Waals surface area contributed by atoms with Gasteiger partial charge >= 0.3 is 0 Å². The molecule has 2 aromatic carbocycles. The fourth-order valence-corrected chi connectivity index (χ4v) is 2.85. The molecule has 0 radical (unpaired) electrons. The molecule has 0 aliphatic carbocycles. The van der Waals surface area contributed by atoms with Gasteiger partial charge in [-0.1, -0.05) is 12.1 Å². The van der Waals surface area contributed by atoms with Crippen LogP contribution in [0.5, 0.6) is 11.5 Å². The molecule has 0 aliphatic heterocycles. The molecule has 3 rings (SSSR count). The number of rotatable bonds is 7. The molecule has 0 fully saturated rings. The fourth-order valence-electron chi connectivity index (χ4n) is 2.85. The van der Waals surface area contributed by atoms with Crippen molar-refractivity contribution in [3.63, 3.8) is 0 Å². The van der Waals surface area contributed by atoms with Gasteiger partial charge in [0.25, 0.3) is 0 Å². The Morgan fingerprint density at radius 3 is 2.68 bits per heavy atom. The summed E-state index contributed by atoms with van der Waals surface area (Å²) in [5.74, 6) is 1.09. The average molecular weight is 340 g/mol. The Balaban J connectivity index is 2.00. The van der Waals surface area contributed by atoms with Gasteiger partial charge in [-0.2, -0.15) is 0 Å². The van der Waals surface area contributed by atoms with E-state index >= 15 is 0 Å². The van der Waals surface area contributed by atoms with Crippen molar-refractivity contribution in [1.29, 1.82) is 0 Å². The van der Waals surface area contributed by atoms with Gasteiger partial charge in [0.15, 0.2) is 0 Å². The lowest BCUT2D eigenvalue weighted by molar-refractivity contribution is 0.400. The summed E-state index contributed by atoms with van der Waals surface area (Å²) in [6, 6.07) is 14.1. The molecule has 0 unspecified atom stereocenters. The van der Waals surface area contributed by atoms with Crippen LogP contribution in [0.2, 0.25) is 0 Å². The highest BCUT2D eigenvalue weighted by molar-refractivity contribution is 5.44. The third kappa shape index (κ3) is 4.00. The van der Waals surface area contributed by atoms with Crippen molar-refractivity contribution in [2.45, 2.75) is 12.6 Å². The molecule has 3 aromatic rings. The smallest absolute Gasteiger partial charge is 0.124 e. The van der Waals surface area contributed by atoms with Crippen LogP contribution in [0.4, 0.5) is 4.39 Å². The molecule has 0 amide bonds. The number of nitrogens with one attached hydrogen (secondary N) is 2. The molecule has 0 spiro atoms. The molecule has 1 atom stereocenters. The topological polar surface area (TPSA) is 46.3 Å². The van der Waals surface area contributed by atoms with E-state index in [1.165, 1.54) is 12.1 Å². The Kier molecular flexibility index (Phi) is 5.36. The van der Waals surface area contributed by atoms with E-state index in [-0.39, 0.29) is 11.9 Å². The maximum atomic E-state index is 13.9. The summed E-state index contributed by atoms with van der Waals surface area (Å²) < 4.78 is 24.7. The molecular formula is C20H21FN2O2. The zero-order valence-corrected chi connectivity index (χ0v) is 14.3. The first-order valence-electron chi connectivity index (χ1n) is 8.03. The predicted octanol–water partition coefficient (Wildman–Crippen LogP) is 4.05. The Morgan fingerprint density at radius 2 is 1.96 bits per heavy atom.